The van der Waals surface area contributed by atoms with Crippen LogP contribution in [0.15, 0.2) is 16.4 Å². The fourth-order valence-corrected chi connectivity index (χ4v) is 2.97. The van der Waals surface area contributed by atoms with Crippen LogP contribution in [0.4, 0.5) is 0 Å². The van der Waals surface area contributed by atoms with Crippen molar-refractivity contribution in [2.75, 3.05) is 0 Å². The summed E-state index contributed by atoms with van der Waals surface area (Å²) in [5.74, 6) is 0.324. The second kappa shape index (κ2) is 4.22. The van der Waals surface area contributed by atoms with Gasteiger partial charge in [-0.05, 0) is 26.7 Å². The molecule has 2 aliphatic rings. The van der Waals surface area contributed by atoms with E-state index in [4.69, 9.17) is 10.5 Å². The Kier molecular flexibility index (Phi) is 2.90. The zero-order valence-corrected chi connectivity index (χ0v) is 10.2. The Labute approximate surface area is 102 Å². The number of hydrogen-bond acceptors (Lipinski definition) is 4. The van der Waals surface area contributed by atoms with E-state index >= 15 is 0 Å². The zero-order chi connectivity index (χ0) is 12.5. The third-order valence-corrected chi connectivity index (χ3v) is 3.87. The van der Waals surface area contributed by atoms with E-state index in [9.17, 15) is 0 Å². The molecule has 0 spiro atoms. The first kappa shape index (κ1) is 11.7. The van der Waals surface area contributed by atoms with Crippen LogP contribution in [0.3, 0.4) is 0 Å². The zero-order valence-electron chi connectivity index (χ0n) is 10.2. The second-order valence-corrected chi connectivity index (χ2v) is 5.04. The highest BCUT2D eigenvalue weighted by Crippen LogP contribution is 2.37. The Morgan fingerprint density at radius 3 is 2.76 bits per heavy atom. The van der Waals surface area contributed by atoms with Crippen LogP contribution in [0.25, 0.3) is 0 Å². The van der Waals surface area contributed by atoms with Gasteiger partial charge in [-0.15, -0.1) is 0 Å². The molecule has 0 aromatic heterocycles. The third kappa shape index (κ3) is 1.91. The summed E-state index contributed by atoms with van der Waals surface area (Å²) in [4.78, 5) is 4.33. The van der Waals surface area contributed by atoms with Crippen molar-refractivity contribution in [1.29, 1.82) is 10.5 Å². The van der Waals surface area contributed by atoms with E-state index < -0.39 is 0 Å². The predicted octanol–water partition coefficient (Wildman–Crippen LogP) is 2.26. The monoisotopic (exact) mass is 228 g/mol. The van der Waals surface area contributed by atoms with Gasteiger partial charge < -0.3 is 5.32 Å². The lowest BCUT2D eigenvalue weighted by Gasteiger charge is -2.41. The predicted molar refractivity (Wildman–Crippen MR) is 64.9 cm³/mol. The summed E-state index contributed by atoms with van der Waals surface area (Å²) in [6.45, 7) is 4.10. The molecule has 2 atom stereocenters. The van der Waals surface area contributed by atoms with Crippen LogP contribution in [-0.4, -0.2) is 11.3 Å². The van der Waals surface area contributed by atoms with Gasteiger partial charge in [-0.1, -0.05) is 12.8 Å². The number of hydrogen-bond donors (Lipinski definition) is 1. The van der Waals surface area contributed by atoms with Crippen LogP contribution in [0, 0.1) is 28.6 Å². The van der Waals surface area contributed by atoms with Crippen molar-refractivity contribution < 1.29 is 0 Å². The van der Waals surface area contributed by atoms with Gasteiger partial charge in [0.05, 0.1) is 0 Å². The lowest BCUT2D eigenvalue weighted by atomic mass is 9.72. The van der Waals surface area contributed by atoms with Gasteiger partial charge in [0.15, 0.2) is 11.4 Å². The van der Waals surface area contributed by atoms with Crippen molar-refractivity contribution in [2.45, 2.75) is 45.1 Å². The molecule has 0 amide bonds. The molecule has 4 heteroatoms. The quantitative estimate of drug-likeness (QED) is 0.691. The van der Waals surface area contributed by atoms with E-state index in [1.807, 2.05) is 13.0 Å². The molecule has 1 fully saturated rings. The number of fused-ring (bicyclic) bond motifs is 1. The van der Waals surface area contributed by atoms with E-state index in [2.05, 4.69) is 23.3 Å². The molecule has 0 saturated heterocycles. The number of nitriles is 2. The van der Waals surface area contributed by atoms with Gasteiger partial charge in [-0.3, -0.25) is 0 Å². The minimum absolute atomic E-state index is 0.129. The van der Waals surface area contributed by atoms with Crippen molar-refractivity contribution in [3.8, 4) is 12.1 Å². The largest absolute Gasteiger partial charge is 0.368 e. The van der Waals surface area contributed by atoms with E-state index in [1.165, 1.54) is 6.42 Å². The summed E-state index contributed by atoms with van der Waals surface area (Å²) in [7, 11) is 0. The van der Waals surface area contributed by atoms with Crippen LogP contribution in [0.2, 0.25) is 0 Å². The average Bonchev–Trinajstić information content (AvgIpc) is 2.43. The highest BCUT2D eigenvalue weighted by molar-refractivity contribution is 5.87. The normalized spacial score (nSPS) is 32.5. The summed E-state index contributed by atoms with van der Waals surface area (Å²) >= 11 is 0. The van der Waals surface area contributed by atoms with Gasteiger partial charge in [0, 0.05) is 17.2 Å². The maximum absolute atomic E-state index is 9.12. The average molecular weight is 228 g/mol. The number of nitrogens with zero attached hydrogens (tertiary/aromatic N) is 3. The van der Waals surface area contributed by atoms with Crippen molar-refractivity contribution in [3.63, 3.8) is 0 Å². The fourth-order valence-electron chi connectivity index (χ4n) is 2.97. The standard InChI is InChI=1S/C13H16N4/c1-9-10-5-3-4-6-13(10,2)17-12(8-15)11(7-14)16-9/h10,17H,3-6H2,1-2H3/t10-,13+/m1/s1. The lowest BCUT2D eigenvalue weighted by molar-refractivity contribution is 0.229. The second-order valence-electron chi connectivity index (χ2n) is 5.04. The van der Waals surface area contributed by atoms with Crippen molar-refractivity contribution >= 4 is 5.71 Å². The molecule has 0 unspecified atom stereocenters. The van der Waals surface area contributed by atoms with Crippen molar-refractivity contribution in [1.82, 2.24) is 5.32 Å². The Hall–Kier alpha value is -1.81. The van der Waals surface area contributed by atoms with Crippen LogP contribution < -0.4 is 5.32 Å². The molecule has 88 valence electrons. The first-order valence-corrected chi connectivity index (χ1v) is 5.98. The molecule has 1 saturated carbocycles. The molecular formula is C13H16N4. The molecule has 1 aliphatic heterocycles. The molecule has 0 aromatic rings. The minimum Gasteiger partial charge on any atom is -0.368 e. The van der Waals surface area contributed by atoms with Crippen molar-refractivity contribution in [3.05, 3.63) is 11.4 Å². The summed E-state index contributed by atoms with van der Waals surface area (Å²) in [6.07, 6.45) is 4.46. The Morgan fingerprint density at radius 1 is 1.35 bits per heavy atom. The van der Waals surface area contributed by atoms with Gasteiger partial charge >= 0.3 is 0 Å². The molecule has 4 nitrogen and oxygen atoms in total. The molecule has 0 bridgehead atoms. The topological polar surface area (TPSA) is 72.0 Å². The lowest BCUT2D eigenvalue weighted by Crippen LogP contribution is -2.51. The highest BCUT2D eigenvalue weighted by atomic mass is 15.0. The van der Waals surface area contributed by atoms with Crippen molar-refractivity contribution in [2.24, 2.45) is 10.9 Å². The Morgan fingerprint density at radius 2 is 2.12 bits per heavy atom. The Bertz CT molecular complexity index is 475. The van der Waals surface area contributed by atoms with Gasteiger partial charge in [0.2, 0.25) is 0 Å². The molecule has 0 aromatic carbocycles. The van der Waals surface area contributed by atoms with Crippen LogP contribution >= 0.6 is 0 Å². The molecule has 1 N–H and O–H groups in total. The SMILES string of the molecule is CC1=NC(C#N)=C(C#N)N[C@@]2(C)CCCC[C@H]12. The first-order chi connectivity index (χ1) is 8.10. The van der Waals surface area contributed by atoms with Crippen LogP contribution in [0.5, 0.6) is 0 Å². The number of aliphatic imine (C=N–C) groups is 1. The number of nitrogens with one attached hydrogen (secondary N) is 1. The summed E-state index contributed by atoms with van der Waals surface area (Å²) in [5, 5.41) is 21.4. The molecule has 17 heavy (non-hydrogen) atoms. The molecule has 1 aliphatic carbocycles. The fraction of sp³-hybridized carbons (Fsp3) is 0.615. The van der Waals surface area contributed by atoms with Gasteiger partial charge in [-0.2, -0.15) is 10.5 Å². The number of rotatable bonds is 0. The van der Waals surface area contributed by atoms with E-state index in [1.54, 1.807) is 0 Å². The highest BCUT2D eigenvalue weighted by Gasteiger charge is 2.40. The molecule has 1 heterocycles. The maximum atomic E-state index is 9.12. The summed E-state index contributed by atoms with van der Waals surface area (Å²) < 4.78 is 0. The van der Waals surface area contributed by atoms with Gasteiger partial charge in [0.25, 0.3) is 0 Å². The van der Waals surface area contributed by atoms with Gasteiger partial charge in [0.1, 0.15) is 12.1 Å². The first-order valence-electron chi connectivity index (χ1n) is 5.98. The maximum Gasteiger partial charge on any atom is 0.174 e. The summed E-state index contributed by atoms with van der Waals surface area (Å²) in [6, 6.07) is 4.07. The van der Waals surface area contributed by atoms with Crippen LogP contribution in [0.1, 0.15) is 39.5 Å². The third-order valence-electron chi connectivity index (χ3n) is 3.87. The molecule has 0 radical (unpaired) electrons. The van der Waals surface area contributed by atoms with Crippen LogP contribution in [-0.2, 0) is 0 Å². The summed E-state index contributed by atoms with van der Waals surface area (Å²) in [5.41, 5.74) is 1.39. The smallest absolute Gasteiger partial charge is 0.174 e. The Balaban J connectivity index is 2.49. The minimum atomic E-state index is -0.129. The van der Waals surface area contributed by atoms with E-state index in [0.717, 1.165) is 25.0 Å². The molecular weight excluding hydrogens is 212 g/mol. The molecule has 2 rings (SSSR count). The van der Waals surface area contributed by atoms with E-state index in [-0.39, 0.29) is 11.2 Å². The number of allylic oxidation sites excluding steroid dienone is 2. The van der Waals surface area contributed by atoms with E-state index in [0.29, 0.717) is 11.6 Å². The van der Waals surface area contributed by atoms with Gasteiger partial charge in [-0.25, -0.2) is 4.99 Å².